The molecule has 16 heavy (non-hydrogen) atoms. The van der Waals surface area contributed by atoms with Crippen LogP contribution < -0.4 is 4.74 Å². The van der Waals surface area contributed by atoms with E-state index in [9.17, 15) is 4.79 Å². The van der Waals surface area contributed by atoms with Crippen molar-refractivity contribution in [3.8, 4) is 5.75 Å². The summed E-state index contributed by atoms with van der Waals surface area (Å²) in [5, 5.41) is 9.95. The van der Waals surface area contributed by atoms with E-state index in [1.54, 1.807) is 14.0 Å². The van der Waals surface area contributed by atoms with Crippen molar-refractivity contribution in [2.24, 2.45) is 0 Å². The van der Waals surface area contributed by atoms with Gasteiger partial charge in [0.1, 0.15) is 5.75 Å². The highest BCUT2D eigenvalue weighted by molar-refractivity contribution is 7.19. The van der Waals surface area contributed by atoms with Gasteiger partial charge in [-0.2, -0.15) is 0 Å². The number of rotatable bonds is 3. The molecule has 0 bridgehead atoms. The first-order valence-electron chi connectivity index (χ1n) is 4.92. The van der Waals surface area contributed by atoms with Crippen molar-refractivity contribution in [1.29, 1.82) is 0 Å². The summed E-state index contributed by atoms with van der Waals surface area (Å²) in [7, 11) is 1.62. The van der Waals surface area contributed by atoms with E-state index in [0.29, 0.717) is 0 Å². The number of hydrogen-bond acceptors (Lipinski definition) is 3. The number of carboxylic acids is 1. The van der Waals surface area contributed by atoms with E-state index in [1.807, 2.05) is 24.3 Å². The second-order valence-electron chi connectivity index (χ2n) is 3.58. The van der Waals surface area contributed by atoms with Gasteiger partial charge in [0.05, 0.1) is 13.0 Å². The minimum atomic E-state index is -0.800. The normalized spacial score (nSPS) is 12.6. The van der Waals surface area contributed by atoms with Crippen LogP contribution in [-0.2, 0) is 4.79 Å². The molecule has 0 aliphatic heterocycles. The summed E-state index contributed by atoms with van der Waals surface area (Å²) in [6.45, 7) is 1.69. The highest BCUT2D eigenvalue weighted by atomic mass is 32.1. The molecule has 2 aromatic rings. The van der Waals surface area contributed by atoms with Crippen LogP contribution in [0.1, 0.15) is 17.7 Å². The van der Waals surface area contributed by atoms with Crippen LogP contribution in [0.2, 0.25) is 0 Å². The van der Waals surface area contributed by atoms with E-state index in [0.717, 1.165) is 20.7 Å². The van der Waals surface area contributed by atoms with E-state index in [1.165, 1.54) is 11.3 Å². The van der Waals surface area contributed by atoms with Crippen LogP contribution in [-0.4, -0.2) is 18.2 Å². The lowest BCUT2D eigenvalue weighted by Gasteiger charge is -2.00. The SMILES string of the molecule is COc1cccc2sc(C(C)C(=O)O)cc12. The van der Waals surface area contributed by atoms with Crippen LogP contribution in [0.5, 0.6) is 5.75 Å². The Morgan fingerprint density at radius 1 is 1.50 bits per heavy atom. The van der Waals surface area contributed by atoms with E-state index in [-0.39, 0.29) is 0 Å². The second-order valence-corrected chi connectivity index (χ2v) is 4.70. The maximum absolute atomic E-state index is 10.9. The van der Waals surface area contributed by atoms with Crippen LogP contribution in [0.4, 0.5) is 0 Å². The average molecular weight is 236 g/mol. The number of benzene rings is 1. The van der Waals surface area contributed by atoms with Gasteiger partial charge in [0.15, 0.2) is 0 Å². The van der Waals surface area contributed by atoms with Crippen molar-refractivity contribution in [1.82, 2.24) is 0 Å². The lowest BCUT2D eigenvalue weighted by atomic mass is 10.1. The van der Waals surface area contributed by atoms with Crippen molar-refractivity contribution in [2.75, 3.05) is 7.11 Å². The molecule has 1 aromatic heterocycles. The molecule has 0 aliphatic carbocycles. The fourth-order valence-electron chi connectivity index (χ4n) is 1.57. The Balaban J connectivity index is 2.55. The number of aliphatic carboxylic acids is 1. The molecular weight excluding hydrogens is 224 g/mol. The Morgan fingerprint density at radius 2 is 2.25 bits per heavy atom. The summed E-state index contributed by atoms with van der Waals surface area (Å²) in [6, 6.07) is 7.66. The molecule has 1 aromatic carbocycles. The molecular formula is C12H12O3S. The molecule has 0 saturated carbocycles. The molecule has 0 saturated heterocycles. The molecule has 1 N–H and O–H groups in total. The van der Waals surface area contributed by atoms with Gasteiger partial charge in [0.25, 0.3) is 0 Å². The van der Waals surface area contributed by atoms with Gasteiger partial charge < -0.3 is 9.84 Å². The highest BCUT2D eigenvalue weighted by Crippen LogP contribution is 2.35. The fraction of sp³-hybridized carbons (Fsp3) is 0.250. The summed E-state index contributed by atoms with van der Waals surface area (Å²) >= 11 is 1.50. The Kier molecular flexibility index (Phi) is 2.83. The molecule has 1 atom stereocenters. The van der Waals surface area contributed by atoms with Crippen LogP contribution in [0.25, 0.3) is 10.1 Å². The van der Waals surface area contributed by atoms with Crippen molar-refractivity contribution < 1.29 is 14.6 Å². The van der Waals surface area contributed by atoms with Crippen molar-refractivity contribution in [2.45, 2.75) is 12.8 Å². The van der Waals surface area contributed by atoms with Gasteiger partial charge in [-0.15, -0.1) is 11.3 Å². The van der Waals surface area contributed by atoms with Gasteiger partial charge in [-0.1, -0.05) is 6.07 Å². The van der Waals surface area contributed by atoms with Gasteiger partial charge in [0.2, 0.25) is 0 Å². The Hall–Kier alpha value is -1.55. The number of methoxy groups -OCH3 is 1. The zero-order valence-electron chi connectivity index (χ0n) is 9.06. The predicted molar refractivity (Wildman–Crippen MR) is 64.4 cm³/mol. The van der Waals surface area contributed by atoms with Crippen LogP contribution in [0.15, 0.2) is 24.3 Å². The van der Waals surface area contributed by atoms with E-state index < -0.39 is 11.9 Å². The number of hydrogen-bond donors (Lipinski definition) is 1. The molecule has 0 radical (unpaired) electrons. The molecule has 2 rings (SSSR count). The minimum absolute atomic E-state index is 0.470. The third kappa shape index (κ3) is 1.76. The van der Waals surface area contributed by atoms with Gasteiger partial charge in [-0.05, 0) is 25.1 Å². The molecule has 1 unspecified atom stereocenters. The van der Waals surface area contributed by atoms with Gasteiger partial charge in [0, 0.05) is 15.0 Å². The molecule has 1 heterocycles. The largest absolute Gasteiger partial charge is 0.496 e. The Labute approximate surface area is 97.3 Å². The third-order valence-corrected chi connectivity index (χ3v) is 3.84. The fourth-order valence-corrected chi connectivity index (χ4v) is 2.69. The Bertz CT molecular complexity index is 530. The summed E-state index contributed by atoms with van der Waals surface area (Å²) in [6.07, 6.45) is 0. The van der Waals surface area contributed by atoms with Crippen molar-refractivity contribution in [3.63, 3.8) is 0 Å². The quantitative estimate of drug-likeness (QED) is 0.890. The molecule has 0 amide bonds. The third-order valence-electron chi connectivity index (χ3n) is 2.56. The van der Waals surface area contributed by atoms with E-state index in [4.69, 9.17) is 9.84 Å². The maximum atomic E-state index is 10.9. The van der Waals surface area contributed by atoms with Crippen LogP contribution >= 0.6 is 11.3 Å². The highest BCUT2D eigenvalue weighted by Gasteiger charge is 2.17. The van der Waals surface area contributed by atoms with Gasteiger partial charge in [-0.3, -0.25) is 4.79 Å². The molecule has 0 aliphatic rings. The standard InChI is InChI=1S/C12H12O3S/c1-7(12(13)14)11-6-8-9(15-2)4-3-5-10(8)16-11/h3-7H,1-2H3,(H,13,14). The molecule has 0 spiro atoms. The first kappa shape index (κ1) is 11.0. The lowest BCUT2D eigenvalue weighted by Crippen LogP contribution is -2.05. The molecule has 3 nitrogen and oxygen atoms in total. The van der Waals surface area contributed by atoms with E-state index >= 15 is 0 Å². The van der Waals surface area contributed by atoms with Crippen LogP contribution in [0.3, 0.4) is 0 Å². The molecule has 0 fully saturated rings. The summed E-state index contributed by atoms with van der Waals surface area (Å²) in [5.41, 5.74) is 0. The monoisotopic (exact) mass is 236 g/mol. The number of carbonyl (C=O) groups is 1. The molecule has 4 heteroatoms. The van der Waals surface area contributed by atoms with Crippen molar-refractivity contribution >= 4 is 27.4 Å². The number of ether oxygens (including phenoxy) is 1. The zero-order valence-corrected chi connectivity index (χ0v) is 9.88. The number of thiophene rings is 1. The summed E-state index contributed by atoms with van der Waals surface area (Å²) in [5.74, 6) is -0.481. The summed E-state index contributed by atoms with van der Waals surface area (Å²) < 4.78 is 6.30. The second kappa shape index (κ2) is 4.14. The lowest BCUT2D eigenvalue weighted by molar-refractivity contribution is -0.138. The molecule has 84 valence electrons. The average Bonchev–Trinajstić information content (AvgIpc) is 2.70. The van der Waals surface area contributed by atoms with Crippen LogP contribution in [0, 0.1) is 0 Å². The zero-order chi connectivity index (χ0) is 11.7. The van der Waals surface area contributed by atoms with Crippen molar-refractivity contribution in [3.05, 3.63) is 29.1 Å². The van der Waals surface area contributed by atoms with Gasteiger partial charge >= 0.3 is 5.97 Å². The first-order valence-corrected chi connectivity index (χ1v) is 5.74. The van der Waals surface area contributed by atoms with Gasteiger partial charge in [-0.25, -0.2) is 0 Å². The van der Waals surface area contributed by atoms with E-state index in [2.05, 4.69) is 0 Å². The smallest absolute Gasteiger partial charge is 0.311 e. The maximum Gasteiger partial charge on any atom is 0.311 e. The minimum Gasteiger partial charge on any atom is -0.496 e. The Morgan fingerprint density at radius 3 is 2.88 bits per heavy atom. The predicted octanol–water partition coefficient (Wildman–Crippen LogP) is 3.10. The summed E-state index contributed by atoms with van der Waals surface area (Å²) in [4.78, 5) is 11.8. The number of fused-ring (bicyclic) bond motifs is 1. The first-order chi connectivity index (χ1) is 7.63. The topological polar surface area (TPSA) is 46.5 Å². The number of carboxylic acid groups (broad SMARTS) is 1.